The van der Waals surface area contributed by atoms with Crippen molar-refractivity contribution in [2.24, 2.45) is 0 Å². The summed E-state index contributed by atoms with van der Waals surface area (Å²) in [5, 5.41) is 48.1. The Bertz CT molecular complexity index is 2120. The Balaban J connectivity index is 2.28. The van der Waals surface area contributed by atoms with E-state index in [2.05, 4.69) is 26.6 Å². The molecular weight excluding hydrogens is 1060 g/mol. The van der Waals surface area contributed by atoms with Crippen LogP contribution in [0.2, 0.25) is 0 Å². The zero-order valence-electron chi connectivity index (χ0n) is 49.6. The van der Waals surface area contributed by atoms with Crippen LogP contribution in [0.5, 0.6) is 0 Å². The molecule has 0 aromatic rings. The van der Waals surface area contributed by atoms with Crippen molar-refractivity contribution < 1.29 is 106 Å². The van der Waals surface area contributed by atoms with E-state index in [-0.39, 0.29) is 32.4 Å². The van der Waals surface area contributed by atoms with Crippen LogP contribution in [-0.2, 0) is 66.5 Å². The first-order chi connectivity index (χ1) is 36.5. The predicted molar refractivity (Wildman–Crippen MR) is 280 cm³/mol. The maximum Gasteiger partial charge on any atom is 0.410 e. The van der Waals surface area contributed by atoms with Crippen molar-refractivity contribution >= 4 is 48.3 Å². The fourth-order valence-corrected chi connectivity index (χ4v) is 8.50. The van der Waals surface area contributed by atoms with Gasteiger partial charge in [-0.15, -0.1) is 0 Å². The number of nitrogens with zero attached hydrogens (tertiary/aromatic N) is 1. The van der Waals surface area contributed by atoms with Crippen LogP contribution in [0.3, 0.4) is 0 Å². The van der Waals surface area contributed by atoms with Crippen LogP contribution in [0, 0.1) is 0 Å². The van der Waals surface area contributed by atoms with Crippen LogP contribution in [-0.4, -0.2) is 209 Å². The SMILES string of the molecule is CC(=O)OC1[C@@H](O[C@@H]2C(O)C(O[C@H]3OC(CN(C)C(=O)OC(C)(C)C)CCC3NC(=O)OC(C)(C)C)[C@H](NC(=O)OC(C)(C)C)C[C@H]2NC(=O)[C@H](CCNC(=O)OC(C)(C)C)OC(C)=O)OC(CO)[C@@H](O)[C@@H]1NC(=O)OC(C)(C)C. The van der Waals surface area contributed by atoms with Gasteiger partial charge in [0.25, 0.3) is 5.91 Å². The third kappa shape index (κ3) is 23.9. The number of carbonyl (C=O) groups is 8. The molecule has 0 bridgehead atoms. The quantitative estimate of drug-likeness (QED) is 0.0766. The minimum absolute atomic E-state index is 0.0513. The molecule has 6 unspecified atom stereocenters. The molecule has 3 fully saturated rings. The fourth-order valence-electron chi connectivity index (χ4n) is 8.50. The second-order valence-electron chi connectivity index (χ2n) is 24.9. The fraction of sp³-hybridized carbons (Fsp3) is 0.846. The minimum atomic E-state index is -2.07. The van der Waals surface area contributed by atoms with Crippen LogP contribution in [0.4, 0.5) is 24.0 Å². The minimum Gasteiger partial charge on any atom is -0.455 e. The number of likely N-dealkylation sites (N-methyl/N-ethyl adjacent to an activating group) is 1. The van der Waals surface area contributed by atoms with Gasteiger partial charge in [0.05, 0.1) is 30.8 Å². The Labute approximate surface area is 468 Å². The van der Waals surface area contributed by atoms with E-state index in [0.29, 0.717) is 0 Å². The molecule has 14 atom stereocenters. The topological polar surface area (TPSA) is 362 Å². The Morgan fingerprint density at radius 3 is 1.54 bits per heavy atom. The summed E-state index contributed by atoms with van der Waals surface area (Å²) in [7, 11) is 1.49. The molecule has 2 saturated heterocycles. The second kappa shape index (κ2) is 28.5. The van der Waals surface area contributed by atoms with E-state index in [1.54, 1.807) is 104 Å². The molecule has 3 aliphatic rings. The summed E-state index contributed by atoms with van der Waals surface area (Å²) < 4.78 is 64.3. The molecular formula is C52H90N6O22. The van der Waals surface area contributed by atoms with E-state index in [1.807, 2.05) is 0 Å². The van der Waals surface area contributed by atoms with Gasteiger partial charge in [-0.05, 0) is 123 Å². The molecule has 0 spiro atoms. The van der Waals surface area contributed by atoms with Crippen LogP contribution >= 0.6 is 0 Å². The molecule has 6 amide bonds. The molecule has 2 aliphatic heterocycles. The number of esters is 2. The first-order valence-corrected chi connectivity index (χ1v) is 26.7. The van der Waals surface area contributed by atoms with E-state index in [0.717, 1.165) is 13.8 Å². The Hall–Kier alpha value is -5.52. The smallest absolute Gasteiger partial charge is 0.410 e. The van der Waals surface area contributed by atoms with Gasteiger partial charge in [-0.2, -0.15) is 0 Å². The van der Waals surface area contributed by atoms with Crippen LogP contribution in [0.15, 0.2) is 0 Å². The third-order valence-corrected chi connectivity index (χ3v) is 11.4. The summed E-state index contributed by atoms with van der Waals surface area (Å²) in [5.74, 6) is -2.87. The number of amides is 6. The molecule has 0 radical (unpaired) electrons. The third-order valence-electron chi connectivity index (χ3n) is 11.4. The highest BCUT2D eigenvalue weighted by Gasteiger charge is 2.55. The second-order valence-corrected chi connectivity index (χ2v) is 24.9. The van der Waals surface area contributed by atoms with E-state index >= 15 is 0 Å². The number of ether oxygens (including phenoxy) is 11. The van der Waals surface area contributed by atoms with Gasteiger partial charge in [0.2, 0.25) is 0 Å². The zero-order valence-corrected chi connectivity index (χ0v) is 49.6. The summed E-state index contributed by atoms with van der Waals surface area (Å²) in [6.45, 7) is 25.3. The predicted octanol–water partition coefficient (Wildman–Crippen LogP) is 2.91. The lowest BCUT2D eigenvalue weighted by Crippen LogP contribution is -2.71. The highest BCUT2D eigenvalue weighted by atomic mass is 16.7. The zero-order chi connectivity index (χ0) is 61.0. The van der Waals surface area contributed by atoms with E-state index in [4.69, 9.17) is 52.1 Å². The van der Waals surface area contributed by atoms with E-state index < -0.39 is 175 Å². The van der Waals surface area contributed by atoms with Crippen molar-refractivity contribution in [3.63, 3.8) is 0 Å². The number of nitrogens with one attached hydrogen (secondary N) is 5. The number of rotatable bonds is 17. The summed E-state index contributed by atoms with van der Waals surface area (Å²) in [4.78, 5) is 107. The van der Waals surface area contributed by atoms with Gasteiger partial charge < -0.3 is 98.9 Å². The first-order valence-electron chi connectivity index (χ1n) is 26.7. The number of carbonyl (C=O) groups excluding carboxylic acids is 8. The lowest BCUT2D eigenvalue weighted by atomic mass is 9.83. The standard InChI is InChI=1S/C52H90N6O22/c1-26(60)70-32(21-22-53-43(65)76-48(3,4)5)40(64)54-30-23-31(56-45(67)78-50(9,10)11)38(74-41-29(55-44(66)77-49(6,7)8)20-19-28(72-41)24-58(18)47(69)80-52(15,16)17)36(63)37(30)75-42-39(71-27(2)61)34(35(62)33(25-59)73-42)57-46(68)79-51(12,13)14/h28-39,41-42,59,62-63H,19-25H2,1-18H3,(H,53,65)(H,54,64)(H,55,66)(H,56,67)(H,57,68)/t28?,29?,30-,31-,32+,33?,34+,35-,36?,37+,38?,39?,41-,42-/m1/s1. The lowest BCUT2D eigenvalue weighted by Gasteiger charge is -2.50. The van der Waals surface area contributed by atoms with Gasteiger partial charge in [-0.25, -0.2) is 24.0 Å². The van der Waals surface area contributed by atoms with Crippen molar-refractivity contribution in [2.75, 3.05) is 26.7 Å². The monoisotopic (exact) mass is 1150 g/mol. The number of aliphatic hydroxyl groups is 3. The number of aliphatic hydroxyl groups excluding tert-OH is 3. The number of hydrogen-bond donors (Lipinski definition) is 8. The molecule has 3 rings (SSSR count). The van der Waals surface area contributed by atoms with Gasteiger partial charge in [0.1, 0.15) is 64.6 Å². The van der Waals surface area contributed by atoms with Gasteiger partial charge in [-0.1, -0.05) is 0 Å². The highest BCUT2D eigenvalue weighted by Crippen LogP contribution is 2.35. The molecule has 460 valence electrons. The van der Waals surface area contributed by atoms with E-state index in [9.17, 15) is 53.7 Å². The van der Waals surface area contributed by atoms with E-state index in [1.165, 1.54) is 11.9 Å². The van der Waals surface area contributed by atoms with Crippen LogP contribution < -0.4 is 26.6 Å². The number of alkyl carbamates (subject to hydrolysis) is 4. The van der Waals surface area contributed by atoms with Gasteiger partial charge in [-0.3, -0.25) is 14.4 Å². The molecule has 1 saturated carbocycles. The summed E-state index contributed by atoms with van der Waals surface area (Å²) in [5.41, 5.74) is -4.82. The number of hydrogen-bond acceptors (Lipinski definition) is 22. The maximum atomic E-state index is 14.5. The largest absolute Gasteiger partial charge is 0.455 e. The molecule has 28 nitrogen and oxygen atoms in total. The molecule has 28 heteroatoms. The summed E-state index contributed by atoms with van der Waals surface area (Å²) in [6, 6.07) is -5.58. The van der Waals surface area contributed by atoms with Crippen LogP contribution in [0.25, 0.3) is 0 Å². The summed E-state index contributed by atoms with van der Waals surface area (Å²) >= 11 is 0. The normalized spacial score (nSPS) is 27.8. The molecule has 80 heavy (non-hydrogen) atoms. The summed E-state index contributed by atoms with van der Waals surface area (Å²) in [6.07, 6.45) is -21.5. The highest BCUT2D eigenvalue weighted by molar-refractivity contribution is 5.84. The Kier molecular flexibility index (Phi) is 24.5. The first kappa shape index (κ1) is 68.8. The molecule has 1 aliphatic carbocycles. The van der Waals surface area contributed by atoms with Crippen molar-refractivity contribution in [1.82, 2.24) is 31.5 Å². The molecule has 8 N–H and O–H groups in total. The van der Waals surface area contributed by atoms with Gasteiger partial charge in [0, 0.05) is 40.4 Å². The average Bonchev–Trinajstić information content (AvgIpc) is 3.25. The molecule has 0 aromatic heterocycles. The van der Waals surface area contributed by atoms with Crippen LogP contribution in [0.1, 0.15) is 143 Å². The van der Waals surface area contributed by atoms with Crippen molar-refractivity contribution in [2.45, 2.75) is 257 Å². The molecule has 0 aromatic carbocycles. The van der Waals surface area contributed by atoms with Crippen molar-refractivity contribution in [1.29, 1.82) is 0 Å². The Morgan fingerprint density at radius 2 is 1.05 bits per heavy atom. The maximum absolute atomic E-state index is 14.5. The average molecular weight is 1150 g/mol. The Morgan fingerprint density at radius 1 is 0.575 bits per heavy atom. The van der Waals surface area contributed by atoms with Crippen molar-refractivity contribution in [3.05, 3.63) is 0 Å². The lowest BCUT2D eigenvalue weighted by molar-refractivity contribution is -0.318. The van der Waals surface area contributed by atoms with Crippen molar-refractivity contribution in [3.8, 4) is 0 Å². The van der Waals surface area contributed by atoms with Gasteiger partial charge in [0.15, 0.2) is 24.8 Å². The molecule has 2 heterocycles. The van der Waals surface area contributed by atoms with Gasteiger partial charge >= 0.3 is 42.4 Å².